The first kappa shape index (κ1) is 35.0. The molecule has 3 aromatic rings. The van der Waals surface area contributed by atoms with Crippen LogP contribution < -0.4 is 13.8 Å². The topological polar surface area (TPSA) is 121 Å². The number of hydrogen-bond donors (Lipinski definition) is 0. The van der Waals surface area contributed by atoms with Crippen molar-refractivity contribution in [3.05, 3.63) is 90.0 Å². The molecule has 1 saturated heterocycles. The standard InChI is InChI=1S/C33H35F3N2O9S/c1-43-19-9-17-38-26-13-6-8-15-28(26)46-30(31(38)39)22-44-29-20-37(32(40)45-21-23-10-3-2-4-11-23)18-16-25(29)24-12-5-7-14-27(24)47-48(41,42)33(34,35)36/h2-8,10-15,25,29-30H,9,16-22H2,1H3. The van der Waals surface area contributed by atoms with Crippen LogP contribution in [0.1, 0.15) is 29.9 Å². The third-order valence-corrected chi connectivity index (χ3v) is 8.95. The van der Waals surface area contributed by atoms with Crippen molar-refractivity contribution in [1.29, 1.82) is 0 Å². The molecule has 11 nitrogen and oxygen atoms in total. The Balaban J connectivity index is 1.38. The fraction of sp³-hybridized carbons (Fsp3) is 0.394. The van der Waals surface area contributed by atoms with E-state index in [1.54, 1.807) is 48.4 Å². The SMILES string of the molecule is COCCCN1C(=O)C(COC2CN(C(=O)OCc3ccccc3)CCC2c2ccccc2OS(=O)(=O)C(F)(F)F)Oc2ccccc21. The molecule has 1 fully saturated rings. The summed E-state index contributed by atoms with van der Waals surface area (Å²) in [6, 6.07) is 21.5. The number of nitrogens with zero attached hydrogens (tertiary/aromatic N) is 2. The highest BCUT2D eigenvalue weighted by atomic mass is 32.2. The van der Waals surface area contributed by atoms with E-state index >= 15 is 0 Å². The van der Waals surface area contributed by atoms with Crippen LogP contribution in [0.15, 0.2) is 78.9 Å². The largest absolute Gasteiger partial charge is 0.534 e. The van der Waals surface area contributed by atoms with Crippen molar-refractivity contribution in [2.75, 3.05) is 44.9 Å². The van der Waals surface area contributed by atoms with Crippen molar-refractivity contribution in [3.8, 4) is 11.5 Å². The van der Waals surface area contributed by atoms with Gasteiger partial charge in [0.15, 0.2) is 0 Å². The number of rotatable bonds is 12. The van der Waals surface area contributed by atoms with Crippen molar-refractivity contribution in [3.63, 3.8) is 0 Å². The zero-order chi connectivity index (χ0) is 34.3. The van der Waals surface area contributed by atoms with Gasteiger partial charge < -0.3 is 32.9 Å². The van der Waals surface area contributed by atoms with Crippen molar-refractivity contribution < 1.29 is 54.3 Å². The van der Waals surface area contributed by atoms with Crippen LogP contribution in [0.4, 0.5) is 23.7 Å². The summed E-state index contributed by atoms with van der Waals surface area (Å²) < 4.78 is 91.2. The Hall–Kier alpha value is -4.34. The number of benzene rings is 3. The van der Waals surface area contributed by atoms with E-state index in [4.69, 9.17) is 18.9 Å². The molecule has 2 amide bonds. The van der Waals surface area contributed by atoms with Crippen LogP contribution in [0.2, 0.25) is 0 Å². The van der Waals surface area contributed by atoms with Crippen LogP contribution in [-0.4, -0.2) is 83.0 Å². The Bertz CT molecular complexity index is 1670. The lowest BCUT2D eigenvalue weighted by atomic mass is 9.86. The number of anilines is 1. The first-order valence-electron chi connectivity index (χ1n) is 15.2. The van der Waals surface area contributed by atoms with E-state index in [-0.39, 0.29) is 44.2 Å². The molecule has 2 heterocycles. The lowest BCUT2D eigenvalue weighted by Gasteiger charge is -2.40. The number of fused-ring (bicyclic) bond motifs is 1. The molecule has 0 N–H and O–H groups in total. The zero-order valence-electron chi connectivity index (χ0n) is 26.0. The molecule has 3 atom stereocenters. The van der Waals surface area contributed by atoms with E-state index in [0.717, 1.165) is 11.6 Å². The van der Waals surface area contributed by atoms with Gasteiger partial charge in [-0.25, -0.2) is 4.79 Å². The van der Waals surface area contributed by atoms with Crippen molar-refractivity contribution in [2.45, 2.75) is 43.1 Å². The minimum atomic E-state index is -5.97. The van der Waals surface area contributed by atoms with Crippen LogP contribution in [-0.2, 0) is 35.7 Å². The fourth-order valence-corrected chi connectivity index (χ4v) is 6.12. The maximum atomic E-state index is 13.6. The van der Waals surface area contributed by atoms with Crippen LogP contribution in [0.5, 0.6) is 11.5 Å². The molecule has 0 saturated carbocycles. The average Bonchev–Trinajstić information content (AvgIpc) is 3.07. The average molecular weight is 693 g/mol. The molecule has 0 radical (unpaired) electrons. The summed E-state index contributed by atoms with van der Waals surface area (Å²) in [5.41, 5.74) is -4.15. The molecule has 2 aliphatic rings. The molecule has 15 heteroatoms. The lowest BCUT2D eigenvalue weighted by Crippen LogP contribution is -2.51. The monoisotopic (exact) mass is 692 g/mol. The van der Waals surface area contributed by atoms with Crippen molar-refractivity contribution in [2.24, 2.45) is 0 Å². The minimum Gasteiger partial charge on any atom is -0.476 e. The van der Waals surface area contributed by atoms with Crippen LogP contribution in [0.25, 0.3) is 0 Å². The lowest BCUT2D eigenvalue weighted by molar-refractivity contribution is -0.131. The molecule has 0 aromatic heterocycles. The molecule has 0 bridgehead atoms. The summed E-state index contributed by atoms with van der Waals surface area (Å²) in [5.74, 6) is -1.15. The first-order chi connectivity index (χ1) is 23.0. The van der Waals surface area contributed by atoms with E-state index in [1.807, 2.05) is 18.2 Å². The van der Waals surface area contributed by atoms with Crippen LogP contribution in [0, 0.1) is 0 Å². The van der Waals surface area contributed by atoms with Crippen LogP contribution in [0.3, 0.4) is 0 Å². The Kier molecular flexibility index (Phi) is 11.1. The highest BCUT2D eigenvalue weighted by molar-refractivity contribution is 7.88. The maximum absolute atomic E-state index is 13.6. The minimum absolute atomic E-state index is 0.0137. The normalized spacial score (nSPS) is 19.8. The third kappa shape index (κ3) is 8.20. The van der Waals surface area contributed by atoms with Gasteiger partial charge >= 0.3 is 21.7 Å². The molecular formula is C33H35F3N2O9S. The summed E-state index contributed by atoms with van der Waals surface area (Å²) in [7, 11) is -4.41. The van der Waals surface area contributed by atoms with Gasteiger partial charge in [-0.15, -0.1) is 0 Å². The second kappa shape index (κ2) is 15.3. The second-order valence-electron chi connectivity index (χ2n) is 11.2. The van der Waals surface area contributed by atoms with E-state index < -0.39 is 45.6 Å². The Labute approximate surface area is 276 Å². The quantitative estimate of drug-likeness (QED) is 0.142. The maximum Gasteiger partial charge on any atom is 0.534 e. The number of methoxy groups -OCH3 is 1. The number of halogens is 3. The number of para-hydroxylation sites is 3. The van der Waals surface area contributed by atoms with Gasteiger partial charge in [-0.05, 0) is 36.6 Å². The number of amides is 2. The van der Waals surface area contributed by atoms with E-state index in [2.05, 4.69) is 4.18 Å². The van der Waals surface area contributed by atoms with Gasteiger partial charge in [0.05, 0.1) is 24.9 Å². The van der Waals surface area contributed by atoms with E-state index in [1.165, 1.54) is 23.1 Å². The molecule has 3 unspecified atom stereocenters. The molecule has 5 rings (SSSR count). The predicted octanol–water partition coefficient (Wildman–Crippen LogP) is 5.26. The number of carbonyl (C=O) groups excluding carboxylic acids is 2. The van der Waals surface area contributed by atoms with Crippen molar-refractivity contribution in [1.82, 2.24) is 4.90 Å². The highest BCUT2D eigenvalue weighted by Gasteiger charge is 2.49. The molecule has 48 heavy (non-hydrogen) atoms. The van der Waals surface area contributed by atoms with Gasteiger partial charge in [-0.2, -0.15) is 21.6 Å². The highest BCUT2D eigenvalue weighted by Crippen LogP contribution is 2.39. The van der Waals surface area contributed by atoms with E-state index in [9.17, 15) is 31.2 Å². The first-order valence-corrected chi connectivity index (χ1v) is 16.6. The number of hydrogen-bond acceptors (Lipinski definition) is 9. The Morgan fingerprint density at radius 2 is 1.71 bits per heavy atom. The summed E-state index contributed by atoms with van der Waals surface area (Å²) in [4.78, 5) is 29.7. The molecule has 0 aliphatic carbocycles. The second-order valence-corrected chi connectivity index (χ2v) is 12.7. The number of ether oxygens (including phenoxy) is 4. The van der Waals surface area contributed by atoms with Gasteiger partial charge in [0.25, 0.3) is 5.91 Å². The fourth-order valence-electron chi connectivity index (χ4n) is 5.64. The molecular weight excluding hydrogens is 657 g/mol. The smallest absolute Gasteiger partial charge is 0.476 e. The van der Waals surface area contributed by atoms with Gasteiger partial charge in [-0.1, -0.05) is 60.7 Å². The molecule has 2 aliphatic heterocycles. The number of piperidine rings is 1. The summed E-state index contributed by atoms with van der Waals surface area (Å²) in [5, 5.41) is 0. The van der Waals surface area contributed by atoms with Crippen LogP contribution >= 0.6 is 0 Å². The van der Waals surface area contributed by atoms with Gasteiger partial charge in [-0.3, -0.25) is 4.79 Å². The van der Waals surface area contributed by atoms with Gasteiger partial charge in [0, 0.05) is 38.3 Å². The predicted molar refractivity (Wildman–Crippen MR) is 167 cm³/mol. The van der Waals surface area contributed by atoms with Crippen molar-refractivity contribution >= 4 is 27.8 Å². The number of carbonyl (C=O) groups is 2. The summed E-state index contributed by atoms with van der Waals surface area (Å²) in [6.07, 6.45) is -1.93. The van der Waals surface area contributed by atoms with Gasteiger partial charge in [0.1, 0.15) is 18.1 Å². The molecule has 3 aromatic carbocycles. The summed E-state index contributed by atoms with van der Waals surface area (Å²) in [6.45, 7) is 0.575. The third-order valence-electron chi connectivity index (χ3n) is 7.98. The van der Waals surface area contributed by atoms with Gasteiger partial charge in [0.2, 0.25) is 6.10 Å². The number of alkyl halides is 3. The number of likely N-dealkylation sites (tertiary alicyclic amines) is 1. The Morgan fingerprint density at radius 1 is 1.00 bits per heavy atom. The molecule has 258 valence electrons. The molecule has 0 spiro atoms. The summed E-state index contributed by atoms with van der Waals surface area (Å²) >= 11 is 0. The zero-order valence-corrected chi connectivity index (χ0v) is 26.8. The Morgan fingerprint density at radius 3 is 2.46 bits per heavy atom. The van der Waals surface area contributed by atoms with E-state index in [0.29, 0.717) is 31.0 Å².